The Kier molecular flexibility index (Phi) is 4.31. The first-order valence-corrected chi connectivity index (χ1v) is 6.26. The van der Waals surface area contributed by atoms with Gasteiger partial charge in [-0.25, -0.2) is 0 Å². The van der Waals surface area contributed by atoms with Crippen LogP contribution in [0.4, 0.5) is 0 Å². The van der Waals surface area contributed by atoms with E-state index in [1.54, 1.807) is 0 Å². The van der Waals surface area contributed by atoms with E-state index in [2.05, 4.69) is 35.3 Å². The van der Waals surface area contributed by atoms with Crippen LogP contribution >= 0.6 is 0 Å². The molecule has 2 heterocycles. The number of aryl methyl sites for hydroxylation is 1. The Labute approximate surface area is 97.9 Å². The summed E-state index contributed by atoms with van der Waals surface area (Å²) in [6.45, 7) is 7.69. The second kappa shape index (κ2) is 5.97. The van der Waals surface area contributed by atoms with Crippen molar-refractivity contribution in [2.75, 3.05) is 26.2 Å². The molecule has 3 heteroatoms. The first-order chi connectivity index (χ1) is 7.88. The molecule has 0 radical (unpaired) electrons. The quantitative estimate of drug-likeness (QED) is 0.830. The van der Waals surface area contributed by atoms with Gasteiger partial charge in [0.2, 0.25) is 0 Å². The number of hydrogen-bond donors (Lipinski definition) is 1. The number of aromatic nitrogens is 1. The summed E-state index contributed by atoms with van der Waals surface area (Å²) in [5.74, 6) is 0. The highest BCUT2D eigenvalue weighted by Gasteiger charge is 2.10. The molecule has 1 aliphatic rings. The number of hydrogen-bond acceptors (Lipinski definition) is 3. The predicted molar refractivity (Wildman–Crippen MR) is 66.4 cm³/mol. The zero-order valence-electron chi connectivity index (χ0n) is 10.1. The fourth-order valence-electron chi connectivity index (χ4n) is 2.11. The summed E-state index contributed by atoms with van der Waals surface area (Å²) in [6, 6.07) is 6.40. The highest BCUT2D eigenvalue weighted by atomic mass is 15.2. The van der Waals surface area contributed by atoms with Crippen molar-refractivity contribution in [3.8, 4) is 0 Å². The van der Waals surface area contributed by atoms with Gasteiger partial charge in [-0.3, -0.25) is 9.88 Å². The first-order valence-electron chi connectivity index (χ1n) is 6.26. The molecule has 1 aliphatic heterocycles. The minimum Gasteiger partial charge on any atom is -0.314 e. The molecular formula is C13H21N3. The fourth-order valence-corrected chi connectivity index (χ4v) is 2.11. The van der Waals surface area contributed by atoms with Crippen molar-refractivity contribution >= 4 is 0 Å². The Bertz CT molecular complexity index is 319. The normalized spacial score (nSPS) is 17.6. The maximum atomic E-state index is 4.69. The van der Waals surface area contributed by atoms with Gasteiger partial charge in [-0.05, 0) is 18.6 Å². The van der Waals surface area contributed by atoms with Crippen LogP contribution in [-0.4, -0.2) is 36.1 Å². The van der Waals surface area contributed by atoms with Crippen molar-refractivity contribution in [1.82, 2.24) is 15.2 Å². The number of piperazine rings is 1. The zero-order chi connectivity index (χ0) is 11.2. The molecule has 0 unspecified atom stereocenters. The van der Waals surface area contributed by atoms with E-state index in [9.17, 15) is 0 Å². The minimum atomic E-state index is 0.999. The first kappa shape index (κ1) is 11.6. The van der Waals surface area contributed by atoms with Crippen LogP contribution in [0.5, 0.6) is 0 Å². The molecule has 2 rings (SSSR count). The van der Waals surface area contributed by atoms with Gasteiger partial charge in [-0.1, -0.05) is 19.4 Å². The van der Waals surface area contributed by atoms with E-state index in [1.165, 1.54) is 17.8 Å². The van der Waals surface area contributed by atoms with Gasteiger partial charge in [-0.2, -0.15) is 0 Å². The molecule has 0 spiro atoms. The Morgan fingerprint density at radius 1 is 1.25 bits per heavy atom. The lowest BCUT2D eigenvalue weighted by atomic mass is 10.2. The lowest BCUT2D eigenvalue weighted by molar-refractivity contribution is 0.230. The van der Waals surface area contributed by atoms with Crippen molar-refractivity contribution in [2.45, 2.75) is 26.3 Å². The van der Waals surface area contributed by atoms with Gasteiger partial charge in [0.25, 0.3) is 0 Å². The Morgan fingerprint density at radius 3 is 2.75 bits per heavy atom. The number of nitrogens with zero attached hydrogens (tertiary/aromatic N) is 2. The number of nitrogens with one attached hydrogen (secondary N) is 1. The molecule has 1 aromatic rings. The predicted octanol–water partition coefficient (Wildman–Crippen LogP) is 1.44. The maximum absolute atomic E-state index is 4.69. The van der Waals surface area contributed by atoms with Crippen LogP contribution < -0.4 is 5.32 Å². The van der Waals surface area contributed by atoms with Crippen LogP contribution in [0.15, 0.2) is 18.2 Å². The van der Waals surface area contributed by atoms with Gasteiger partial charge in [0.15, 0.2) is 0 Å². The van der Waals surface area contributed by atoms with Gasteiger partial charge in [0.05, 0.1) is 5.69 Å². The average molecular weight is 219 g/mol. The fraction of sp³-hybridized carbons (Fsp3) is 0.615. The van der Waals surface area contributed by atoms with Crippen molar-refractivity contribution in [1.29, 1.82) is 0 Å². The third kappa shape index (κ3) is 3.29. The zero-order valence-corrected chi connectivity index (χ0v) is 10.1. The van der Waals surface area contributed by atoms with E-state index >= 15 is 0 Å². The number of rotatable bonds is 4. The molecular weight excluding hydrogens is 198 g/mol. The van der Waals surface area contributed by atoms with Crippen LogP contribution in [0, 0.1) is 0 Å². The molecule has 0 atom stereocenters. The van der Waals surface area contributed by atoms with Crippen LogP contribution in [0.25, 0.3) is 0 Å². The van der Waals surface area contributed by atoms with E-state index in [0.29, 0.717) is 0 Å². The second-order valence-electron chi connectivity index (χ2n) is 4.40. The van der Waals surface area contributed by atoms with E-state index in [-0.39, 0.29) is 0 Å². The van der Waals surface area contributed by atoms with Gasteiger partial charge in [0.1, 0.15) is 0 Å². The summed E-state index contributed by atoms with van der Waals surface area (Å²) in [6.07, 6.45) is 2.26. The average Bonchev–Trinajstić information content (AvgIpc) is 2.31. The summed E-state index contributed by atoms with van der Waals surface area (Å²) in [5.41, 5.74) is 2.45. The summed E-state index contributed by atoms with van der Waals surface area (Å²) < 4.78 is 0. The van der Waals surface area contributed by atoms with Gasteiger partial charge in [0, 0.05) is 38.4 Å². The summed E-state index contributed by atoms with van der Waals surface area (Å²) >= 11 is 0. The minimum absolute atomic E-state index is 0.999. The molecule has 0 aliphatic carbocycles. The van der Waals surface area contributed by atoms with E-state index in [0.717, 1.165) is 39.1 Å². The Morgan fingerprint density at radius 2 is 2.00 bits per heavy atom. The van der Waals surface area contributed by atoms with E-state index in [4.69, 9.17) is 4.98 Å². The van der Waals surface area contributed by atoms with E-state index in [1.807, 2.05) is 0 Å². The van der Waals surface area contributed by atoms with Gasteiger partial charge >= 0.3 is 0 Å². The van der Waals surface area contributed by atoms with Crippen molar-refractivity contribution < 1.29 is 0 Å². The van der Waals surface area contributed by atoms with Crippen LogP contribution in [-0.2, 0) is 13.0 Å². The van der Waals surface area contributed by atoms with E-state index < -0.39 is 0 Å². The topological polar surface area (TPSA) is 28.2 Å². The molecule has 3 nitrogen and oxygen atoms in total. The van der Waals surface area contributed by atoms with Crippen LogP contribution in [0.1, 0.15) is 24.7 Å². The summed E-state index contributed by atoms with van der Waals surface area (Å²) in [5, 5.41) is 3.37. The molecule has 0 aromatic carbocycles. The molecule has 0 bridgehead atoms. The van der Waals surface area contributed by atoms with Crippen molar-refractivity contribution in [2.24, 2.45) is 0 Å². The van der Waals surface area contributed by atoms with Gasteiger partial charge < -0.3 is 5.32 Å². The molecule has 1 fully saturated rings. The number of pyridine rings is 1. The molecule has 0 saturated carbocycles. The largest absolute Gasteiger partial charge is 0.314 e. The standard InChI is InChI=1S/C13H21N3/c1-2-4-12-5-3-6-13(15-12)11-16-9-7-14-8-10-16/h3,5-6,14H,2,4,7-11H2,1H3. The van der Waals surface area contributed by atoms with Gasteiger partial charge in [-0.15, -0.1) is 0 Å². The summed E-state index contributed by atoms with van der Waals surface area (Å²) in [4.78, 5) is 7.16. The molecule has 16 heavy (non-hydrogen) atoms. The third-order valence-corrected chi connectivity index (χ3v) is 2.97. The molecule has 1 saturated heterocycles. The Balaban J connectivity index is 1.94. The lowest BCUT2D eigenvalue weighted by Crippen LogP contribution is -2.43. The highest BCUT2D eigenvalue weighted by Crippen LogP contribution is 2.06. The highest BCUT2D eigenvalue weighted by molar-refractivity contribution is 5.11. The van der Waals surface area contributed by atoms with Crippen molar-refractivity contribution in [3.63, 3.8) is 0 Å². The third-order valence-electron chi connectivity index (χ3n) is 2.97. The van der Waals surface area contributed by atoms with Crippen LogP contribution in [0.3, 0.4) is 0 Å². The monoisotopic (exact) mass is 219 g/mol. The molecule has 0 amide bonds. The molecule has 1 N–H and O–H groups in total. The summed E-state index contributed by atoms with van der Waals surface area (Å²) in [7, 11) is 0. The Hall–Kier alpha value is -0.930. The second-order valence-corrected chi connectivity index (χ2v) is 4.40. The lowest BCUT2D eigenvalue weighted by Gasteiger charge is -2.26. The molecule has 1 aromatic heterocycles. The molecule has 88 valence electrons. The SMILES string of the molecule is CCCc1cccc(CN2CCNCC2)n1. The maximum Gasteiger partial charge on any atom is 0.0547 e. The smallest absolute Gasteiger partial charge is 0.0547 e. The van der Waals surface area contributed by atoms with Crippen LogP contribution in [0.2, 0.25) is 0 Å². The van der Waals surface area contributed by atoms with Crippen molar-refractivity contribution in [3.05, 3.63) is 29.6 Å².